The molecule has 5 nitrogen and oxygen atoms in total. The fraction of sp³-hybridized carbons (Fsp3) is 0.0909. The van der Waals surface area contributed by atoms with Gasteiger partial charge in [0.2, 0.25) is 0 Å². The van der Waals surface area contributed by atoms with Crippen molar-refractivity contribution in [2.24, 2.45) is 0 Å². The number of carboxylic acids is 1. The number of carbonyl (C=O) groups excluding carboxylic acids is 1. The summed E-state index contributed by atoms with van der Waals surface area (Å²) in [6.07, 6.45) is 0. The average Bonchev–Trinajstić information content (AvgIpc) is 2.71. The molecule has 6 heteroatoms. The quantitative estimate of drug-likeness (QED) is 0.908. The Hall–Kier alpha value is -1.82. The molecule has 0 saturated heterocycles. The third-order valence-corrected chi connectivity index (χ3v) is 2.74. The molecule has 0 spiro atoms. The van der Waals surface area contributed by atoms with Gasteiger partial charge < -0.3 is 14.8 Å². The highest BCUT2D eigenvalue weighted by Gasteiger charge is 2.14. The predicted octanol–water partition coefficient (Wildman–Crippen LogP) is 2.01. The van der Waals surface area contributed by atoms with Crippen LogP contribution in [0.3, 0.4) is 0 Å². The summed E-state index contributed by atoms with van der Waals surface area (Å²) in [6, 6.07) is 6.99. The summed E-state index contributed by atoms with van der Waals surface area (Å²) >= 11 is 3.30. The van der Waals surface area contributed by atoms with Crippen molar-refractivity contribution in [3.05, 3.63) is 34.5 Å². The molecule has 0 fully saturated rings. The number of hydrogen-bond donors (Lipinski definition) is 2. The molecule has 1 aromatic carbocycles. The maximum atomic E-state index is 11.5. The Morgan fingerprint density at radius 2 is 2.18 bits per heavy atom. The molecule has 88 valence electrons. The maximum Gasteiger partial charge on any atom is 0.322 e. The standard InChI is InChI=1S/C11H8BrNO4/c12-7-3-1-2-6-4-8(17-10(6)7)11(16)13-5-9(14)15/h1-4H,5H2,(H,13,16)(H,14,15). The van der Waals surface area contributed by atoms with Gasteiger partial charge in [-0.05, 0) is 28.1 Å². The molecule has 2 N–H and O–H groups in total. The van der Waals surface area contributed by atoms with Crippen molar-refractivity contribution in [1.29, 1.82) is 0 Å². The normalized spacial score (nSPS) is 10.4. The van der Waals surface area contributed by atoms with Crippen molar-refractivity contribution < 1.29 is 19.1 Å². The number of aliphatic carboxylic acids is 1. The minimum absolute atomic E-state index is 0.0909. The lowest BCUT2D eigenvalue weighted by atomic mass is 10.2. The van der Waals surface area contributed by atoms with Gasteiger partial charge in [0.15, 0.2) is 5.76 Å². The summed E-state index contributed by atoms with van der Waals surface area (Å²) in [5, 5.41) is 11.4. The largest absolute Gasteiger partial charge is 0.480 e. The molecular formula is C11H8BrNO4. The number of carboxylic acid groups (broad SMARTS) is 1. The summed E-state index contributed by atoms with van der Waals surface area (Å²) < 4.78 is 6.08. The van der Waals surface area contributed by atoms with Crippen LogP contribution in [0.25, 0.3) is 11.0 Å². The summed E-state index contributed by atoms with van der Waals surface area (Å²) in [6.45, 7) is -0.433. The number of nitrogens with one attached hydrogen (secondary N) is 1. The first-order chi connectivity index (χ1) is 8.08. The van der Waals surface area contributed by atoms with Crippen LogP contribution in [0, 0.1) is 0 Å². The lowest BCUT2D eigenvalue weighted by Crippen LogP contribution is -2.28. The number of fused-ring (bicyclic) bond motifs is 1. The van der Waals surface area contributed by atoms with E-state index < -0.39 is 18.4 Å². The van der Waals surface area contributed by atoms with Gasteiger partial charge in [-0.2, -0.15) is 0 Å². The molecule has 0 aliphatic carbocycles. The predicted molar refractivity (Wildman–Crippen MR) is 63.9 cm³/mol. The second-order valence-electron chi connectivity index (χ2n) is 3.35. The summed E-state index contributed by atoms with van der Waals surface area (Å²) in [4.78, 5) is 21.9. The van der Waals surface area contributed by atoms with Crippen LogP contribution in [0.15, 0.2) is 33.2 Å². The molecule has 0 unspecified atom stereocenters. The lowest BCUT2D eigenvalue weighted by Gasteiger charge is -1.97. The fourth-order valence-corrected chi connectivity index (χ4v) is 1.84. The van der Waals surface area contributed by atoms with Crippen LogP contribution in [-0.2, 0) is 4.79 Å². The Bertz CT molecular complexity index is 590. The van der Waals surface area contributed by atoms with Gasteiger partial charge in [0.1, 0.15) is 12.1 Å². The van der Waals surface area contributed by atoms with Crippen LogP contribution in [0.2, 0.25) is 0 Å². The van der Waals surface area contributed by atoms with Gasteiger partial charge in [0, 0.05) is 5.39 Å². The number of para-hydroxylation sites is 1. The van der Waals surface area contributed by atoms with Gasteiger partial charge in [0.25, 0.3) is 5.91 Å². The zero-order valence-electron chi connectivity index (χ0n) is 8.57. The van der Waals surface area contributed by atoms with Crippen LogP contribution in [-0.4, -0.2) is 23.5 Å². The van der Waals surface area contributed by atoms with Crippen molar-refractivity contribution in [2.75, 3.05) is 6.54 Å². The van der Waals surface area contributed by atoms with Crippen LogP contribution in [0.1, 0.15) is 10.6 Å². The Morgan fingerprint density at radius 3 is 2.82 bits per heavy atom. The number of amides is 1. The van der Waals surface area contributed by atoms with Gasteiger partial charge in [-0.3, -0.25) is 9.59 Å². The van der Waals surface area contributed by atoms with E-state index in [-0.39, 0.29) is 5.76 Å². The van der Waals surface area contributed by atoms with E-state index in [0.717, 1.165) is 9.86 Å². The van der Waals surface area contributed by atoms with Gasteiger partial charge in [-0.25, -0.2) is 0 Å². The van der Waals surface area contributed by atoms with Gasteiger partial charge in [-0.1, -0.05) is 12.1 Å². The van der Waals surface area contributed by atoms with Crippen molar-refractivity contribution in [3.8, 4) is 0 Å². The minimum Gasteiger partial charge on any atom is -0.480 e. The van der Waals surface area contributed by atoms with E-state index in [1.54, 1.807) is 18.2 Å². The highest BCUT2D eigenvalue weighted by molar-refractivity contribution is 9.10. The first-order valence-corrected chi connectivity index (χ1v) is 5.55. The van der Waals surface area contributed by atoms with Crippen molar-refractivity contribution >= 4 is 38.8 Å². The first-order valence-electron chi connectivity index (χ1n) is 4.76. The van der Waals surface area contributed by atoms with Crippen LogP contribution >= 0.6 is 15.9 Å². The zero-order chi connectivity index (χ0) is 12.4. The zero-order valence-corrected chi connectivity index (χ0v) is 10.2. The number of carbonyl (C=O) groups is 2. The highest BCUT2D eigenvalue weighted by Crippen LogP contribution is 2.26. The van der Waals surface area contributed by atoms with Gasteiger partial charge >= 0.3 is 5.97 Å². The van der Waals surface area contributed by atoms with E-state index in [1.165, 1.54) is 0 Å². The SMILES string of the molecule is O=C(O)CNC(=O)c1cc2cccc(Br)c2o1. The third-order valence-electron chi connectivity index (χ3n) is 2.12. The summed E-state index contributed by atoms with van der Waals surface area (Å²) in [7, 11) is 0. The number of benzene rings is 1. The molecule has 1 amide bonds. The average molecular weight is 298 g/mol. The molecule has 0 radical (unpaired) electrons. The number of halogens is 1. The van der Waals surface area contributed by atoms with Gasteiger partial charge in [-0.15, -0.1) is 0 Å². The second-order valence-corrected chi connectivity index (χ2v) is 4.20. The third kappa shape index (κ3) is 2.47. The topological polar surface area (TPSA) is 79.5 Å². The van der Waals surface area contributed by atoms with E-state index in [1.807, 2.05) is 6.07 Å². The number of hydrogen-bond acceptors (Lipinski definition) is 3. The lowest BCUT2D eigenvalue weighted by molar-refractivity contribution is -0.135. The molecule has 17 heavy (non-hydrogen) atoms. The Balaban J connectivity index is 2.27. The monoisotopic (exact) mass is 297 g/mol. The van der Waals surface area contributed by atoms with Crippen molar-refractivity contribution in [2.45, 2.75) is 0 Å². The molecule has 1 aromatic heterocycles. The van der Waals surface area contributed by atoms with E-state index in [4.69, 9.17) is 9.52 Å². The van der Waals surface area contributed by atoms with Gasteiger partial charge in [0.05, 0.1) is 4.47 Å². The molecule has 0 saturated carbocycles. The van der Waals surface area contributed by atoms with E-state index >= 15 is 0 Å². The maximum absolute atomic E-state index is 11.5. The summed E-state index contributed by atoms with van der Waals surface area (Å²) in [5.41, 5.74) is 0.563. The number of furan rings is 1. The smallest absolute Gasteiger partial charge is 0.322 e. The van der Waals surface area contributed by atoms with Crippen LogP contribution in [0.5, 0.6) is 0 Å². The van der Waals surface area contributed by atoms with Crippen LogP contribution in [0.4, 0.5) is 0 Å². The van der Waals surface area contributed by atoms with Crippen molar-refractivity contribution in [3.63, 3.8) is 0 Å². The van der Waals surface area contributed by atoms with E-state index in [2.05, 4.69) is 21.2 Å². The molecule has 2 aromatic rings. The first kappa shape index (κ1) is 11.7. The molecule has 1 heterocycles. The molecule has 0 aliphatic rings. The molecule has 0 aliphatic heterocycles. The Morgan fingerprint density at radius 1 is 1.41 bits per heavy atom. The molecular weight excluding hydrogens is 290 g/mol. The molecule has 0 bridgehead atoms. The second kappa shape index (κ2) is 4.58. The van der Waals surface area contributed by atoms with E-state index in [9.17, 15) is 9.59 Å². The summed E-state index contributed by atoms with van der Waals surface area (Å²) in [5.74, 6) is -1.56. The Kier molecular flexibility index (Phi) is 3.14. The Labute approximate surface area is 105 Å². The van der Waals surface area contributed by atoms with E-state index in [0.29, 0.717) is 5.58 Å². The minimum atomic E-state index is -1.10. The number of rotatable bonds is 3. The van der Waals surface area contributed by atoms with Crippen molar-refractivity contribution in [1.82, 2.24) is 5.32 Å². The molecule has 2 rings (SSSR count). The molecule has 0 atom stereocenters. The highest BCUT2D eigenvalue weighted by atomic mass is 79.9. The van der Waals surface area contributed by atoms with Crippen LogP contribution < -0.4 is 5.32 Å². The fourth-order valence-electron chi connectivity index (χ4n) is 1.38.